The van der Waals surface area contributed by atoms with E-state index in [1.54, 1.807) is 12.1 Å². The van der Waals surface area contributed by atoms with Gasteiger partial charge in [0, 0.05) is 30.7 Å². The zero-order chi connectivity index (χ0) is 17.8. The van der Waals surface area contributed by atoms with Crippen LogP contribution in [0.4, 0.5) is 10.1 Å². The quantitative estimate of drug-likeness (QED) is 0.824. The molecule has 0 bridgehead atoms. The Bertz CT molecular complexity index is 772. The highest BCUT2D eigenvalue weighted by molar-refractivity contribution is 6.30. The predicted molar refractivity (Wildman–Crippen MR) is 106 cm³/mol. The fraction of sp³-hybridized carbons (Fsp3) is 0.316. The van der Waals surface area contributed by atoms with Gasteiger partial charge in [-0.15, -0.1) is 12.4 Å². The molecule has 1 unspecified atom stereocenters. The minimum Gasteiger partial charge on any atom is -0.322 e. The highest BCUT2D eigenvalue weighted by Gasteiger charge is 2.25. The molecule has 1 heterocycles. The standard InChI is InChI=1S/C19H21ClFN3O.ClH/c1-13-5-6-17(16(21)9-13)23-19(25)12-24-8-7-22-11-18(24)14-3-2-4-15(20)10-14;/h2-6,9-10,18,22H,7-8,11-12H2,1H3,(H,23,25);1H. The lowest BCUT2D eigenvalue weighted by Gasteiger charge is -2.36. The minimum atomic E-state index is -0.417. The van der Waals surface area contributed by atoms with Crippen molar-refractivity contribution < 1.29 is 9.18 Å². The highest BCUT2D eigenvalue weighted by atomic mass is 35.5. The van der Waals surface area contributed by atoms with Crippen molar-refractivity contribution in [1.82, 2.24) is 10.2 Å². The molecule has 1 fully saturated rings. The predicted octanol–water partition coefficient (Wildman–Crippen LogP) is 3.79. The third-order valence-corrected chi connectivity index (χ3v) is 4.57. The zero-order valence-electron chi connectivity index (χ0n) is 14.5. The van der Waals surface area contributed by atoms with Crippen molar-refractivity contribution in [2.45, 2.75) is 13.0 Å². The van der Waals surface area contributed by atoms with Crippen LogP contribution < -0.4 is 10.6 Å². The second-order valence-electron chi connectivity index (χ2n) is 6.28. The molecule has 1 saturated heterocycles. The molecule has 140 valence electrons. The van der Waals surface area contributed by atoms with Gasteiger partial charge >= 0.3 is 0 Å². The van der Waals surface area contributed by atoms with E-state index in [1.165, 1.54) is 6.07 Å². The first-order valence-electron chi connectivity index (χ1n) is 8.29. The Labute approximate surface area is 164 Å². The van der Waals surface area contributed by atoms with Crippen LogP contribution >= 0.6 is 24.0 Å². The molecule has 3 rings (SSSR count). The third-order valence-electron chi connectivity index (χ3n) is 4.33. The molecular weight excluding hydrogens is 376 g/mol. The largest absolute Gasteiger partial charge is 0.322 e. The molecule has 0 radical (unpaired) electrons. The van der Waals surface area contributed by atoms with Crippen molar-refractivity contribution in [3.63, 3.8) is 0 Å². The van der Waals surface area contributed by atoms with Crippen LogP contribution in [0.3, 0.4) is 0 Å². The summed E-state index contributed by atoms with van der Waals surface area (Å²) in [5.41, 5.74) is 2.10. The number of amides is 1. The van der Waals surface area contributed by atoms with Gasteiger partial charge in [0.1, 0.15) is 5.82 Å². The van der Waals surface area contributed by atoms with Crippen LogP contribution in [0.15, 0.2) is 42.5 Å². The molecule has 1 aliphatic heterocycles. The van der Waals surface area contributed by atoms with Crippen LogP contribution in [0.5, 0.6) is 0 Å². The molecule has 1 aliphatic rings. The summed E-state index contributed by atoms with van der Waals surface area (Å²) < 4.78 is 13.9. The van der Waals surface area contributed by atoms with Gasteiger partial charge in [-0.25, -0.2) is 4.39 Å². The first-order valence-corrected chi connectivity index (χ1v) is 8.67. The average molecular weight is 398 g/mol. The molecule has 0 aromatic heterocycles. The SMILES string of the molecule is Cc1ccc(NC(=O)CN2CCNCC2c2cccc(Cl)c2)c(F)c1.Cl. The van der Waals surface area contributed by atoms with E-state index in [-0.39, 0.29) is 36.6 Å². The van der Waals surface area contributed by atoms with Gasteiger partial charge in [-0.3, -0.25) is 9.69 Å². The number of halogens is 3. The van der Waals surface area contributed by atoms with E-state index in [1.807, 2.05) is 31.2 Å². The molecule has 1 atom stereocenters. The van der Waals surface area contributed by atoms with Crippen molar-refractivity contribution in [3.05, 3.63) is 64.4 Å². The summed E-state index contributed by atoms with van der Waals surface area (Å²) in [4.78, 5) is 14.5. The van der Waals surface area contributed by atoms with Gasteiger partial charge in [0.25, 0.3) is 0 Å². The second-order valence-corrected chi connectivity index (χ2v) is 6.71. The van der Waals surface area contributed by atoms with E-state index in [9.17, 15) is 9.18 Å². The molecule has 0 aliphatic carbocycles. The number of nitrogens with one attached hydrogen (secondary N) is 2. The smallest absolute Gasteiger partial charge is 0.238 e. The summed E-state index contributed by atoms with van der Waals surface area (Å²) in [7, 11) is 0. The molecule has 2 aromatic carbocycles. The van der Waals surface area contributed by atoms with Gasteiger partial charge in [0.05, 0.1) is 12.2 Å². The molecule has 2 aromatic rings. The lowest BCUT2D eigenvalue weighted by atomic mass is 10.0. The maximum Gasteiger partial charge on any atom is 0.238 e. The van der Waals surface area contributed by atoms with Crippen LogP contribution in [0, 0.1) is 12.7 Å². The lowest BCUT2D eigenvalue weighted by molar-refractivity contribution is -0.118. The van der Waals surface area contributed by atoms with Crippen molar-refractivity contribution in [3.8, 4) is 0 Å². The molecule has 0 spiro atoms. The number of hydrogen-bond acceptors (Lipinski definition) is 3. The highest BCUT2D eigenvalue weighted by Crippen LogP contribution is 2.24. The molecule has 26 heavy (non-hydrogen) atoms. The van der Waals surface area contributed by atoms with Gasteiger partial charge in [-0.1, -0.05) is 29.8 Å². The summed E-state index contributed by atoms with van der Waals surface area (Å²) in [5, 5.41) is 6.69. The maximum absolute atomic E-state index is 13.9. The Balaban J connectivity index is 0.00000243. The van der Waals surface area contributed by atoms with E-state index in [0.717, 1.165) is 30.8 Å². The molecule has 7 heteroatoms. The number of carbonyl (C=O) groups is 1. The zero-order valence-corrected chi connectivity index (χ0v) is 16.0. The Morgan fingerprint density at radius 1 is 1.35 bits per heavy atom. The molecule has 4 nitrogen and oxygen atoms in total. The van der Waals surface area contributed by atoms with E-state index < -0.39 is 5.82 Å². The summed E-state index contributed by atoms with van der Waals surface area (Å²) in [6.45, 7) is 4.30. The summed E-state index contributed by atoms with van der Waals surface area (Å²) in [6.07, 6.45) is 0. The summed E-state index contributed by atoms with van der Waals surface area (Å²) >= 11 is 6.10. The van der Waals surface area contributed by atoms with Gasteiger partial charge < -0.3 is 10.6 Å². The van der Waals surface area contributed by atoms with Crippen LogP contribution in [-0.4, -0.2) is 37.0 Å². The number of anilines is 1. The number of benzene rings is 2. The Hall–Kier alpha value is -1.66. The van der Waals surface area contributed by atoms with Crippen LogP contribution in [0.2, 0.25) is 5.02 Å². The molecule has 2 N–H and O–H groups in total. The Morgan fingerprint density at radius 3 is 2.88 bits per heavy atom. The number of piperazine rings is 1. The monoisotopic (exact) mass is 397 g/mol. The van der Waals surface area contributed by atoms with Crippen molar-refractivity contribution in [2.24, 2.45) is 0 Å². The number of aryl methyl sites for hydroxylation is 1. The van der Waals surface area contributed by atoms with Gasteiger partial charge in [0.2, 0.25) is 5.91 Å². The Morgan fingerprint density at radius 2 is 2.15 bits per heavy atom. The maximum atomic E-state index is 13.9. The van der Waals surface area contributed by atoms with Gasteiger partial charge in [-0.05, 0) is 42.3 Å². The van der Waals surface area contributed by atoms with Crippen LogP contribution in [-0.2, 0) is 4.79 Å². The van der Waals surface area contributed by atoms with E-state index >= 15 is 0 Å². The van der Waals surface area contributed by atoms with Crippen molar-refractivity contribution in [2.75, 3.05) is 31.5 Å². The van der Waals surface area contributed by atoms with Gasteiger partial charge in [0.15, 0.2) is 0 Å². The number of carbonyl (C=O) groups excluding carboxylic acids is 1. The molecule has 1 amide bonds. The number of rotatable bonds is 4. The number of nitrogens with zero attached hydrogens (tertiary/aromatic N) is 1. The van der Waals surface area contributed by atoms with E-state index in [0.29, 0.717) is 5.02 Å². The van der Waals surface area contributed by atoms with Gasteiger partial charge in [-0.2, -0.15) is 0 Å². The Kier molecular flexibility index (Phi) is 7.41. The van der Waals surface area contributed by atoms with E-state index in [4.69, 9.17) is 11.6 Å². The minimum absolute atomic E-state index is 0. The third kappa shape index (κ3) is 5.17. The average Bonchev–Trinajstić information content (AvgIpc) is 2.58. The van der Waals surface area contributed by atoms with Crippen molar-refractivity contribution in [1.29, 1.82) is 0 Å². The van der Waals surface area contributed by atoms with Crippen molar-refractivity contribution >= 4 is 35.6 Å². The first-order chi connectivity index (χ1) is 12.0. The fourth-order valence-electron chi connectivity index (χ4n) is 3.07. The summed E-state index contributed by atoms with van der Waals surface area (Å²) in [6, 6.07) is 12.5. The molecular formula is C19H22Cl2FN3O. The topological polar surface area (TPSA) is 44.4 Å². The van der Waals surface area contributed by atoms with Crippen LogP contribution in [0.25, 0.3) is 0 Å². The lowest BCUT2D eigenvalue weighted by Crippen LogP contribution is -2.48. The normalized spacial score (nSPS) is 17.4. The van der Waals surface area contributed by atoms with E-state index in [2.05, 4.69) is 15.5 Å². The first kappa shape index (κ1) is 20.6. The number of hydrogen-bond donors (Lipinski definition) is 2. The molecule has 0 saturated carbocycles. The fourth-order valence-corrected chi connectivity index (χ4v) is 3.27. The second kappa shape index (κ2) is 9.33. The van der Waals surface area contributed by atoms with Crippen LogP contribution in [0.1, 0.15) is 17.2 Å². The summed E-state index contributed by atoms with van der Waals surface area (Å²) in [5.74, 6) is -0.642.